The molecule has 1 aliphatic heterocycles. The number of aromatic nitrogens is 3. The summed E-state index contributed by atoms with van der Waals surface area (Å²) in [6.45, 7) is 0.507. The maximum absolute atomic E-state index is 12.6. The molecule has 1 amide bonds. The molecule has 0 atom stereocenters. The van der Waals surface area contributed by atoms with E-state index < -0.39 is 0 Å². The van der Waals surface area contributed by atoms with E-state index in [-0.39, 0.29) is 5.91 Å². The summed E-state index contributed by atoms with van der Waals surface area (Å²) >= 11 is 0. The molecule has 4 rings (SSSR count). The first-order chi connectivity index (χ1) is 10.8. The van der Waals surface area contributed by atoms with Gasteiger partial charge in [-0.1, -0.05) is 31.4 Å². The lowest BCUT2D eigenvalue weighted by atomic mass is 9.88. The number of carbonyl (C=O) groups excluding carboxylic acids is 1. The van der Waals surface area contributed by atoms with E-state index >= 15 is 0 Å². The molecule has 0 radical (unpaired) electrons. The van der Waals surface area contributed by atoms with Gasteiger partial charge in [-0.25, -0.2) is 0 Å². The molecule has 0 saturated heterocycles. The van der Waals surface area contributed by atoms with Crippen LogP contribution in [0.3, 0.4) is 0 Å². The van der Waals surface area contributed by atoms with Gasteiger partial charge in [-0.3, -0.25) is 9.36 Å². The molecule has 1 aromatic heterocycles. The molecule has 0 N–H and O–H groups in total. The lowest BCUT2D eigenvalue weighted by Crippen LogP contribution is -2.25. The summed E-state index contributed by atoms with van der Waals surface area (Å²) in [5.41, 5.74) is 1.66. The Morgan fingerprint density at radius 2 is 1.86 bits per heavy atom. The standard InChI is InChI=1S/C17H20N4O/c1-20-11-15-18-19-16(12-7-3-2-4-8-12)21(15)14-10-6-5-9-13(14)17(20)22/h5-6,9-10,12H,2-4,7-8,11H2,1H3. The van der Waals surface area contributed by atoms with Crippen molar-refractivity contribution in [3.05, 3.63) is 41.5 Å². The Hall–Kier alpha value is -2.17. The minimum Gasteiger partial charge on any atom is -0.334 e. The Kier molecular flexibility index (Phi) is 3.21. The predicted octanol–water partition coefficient (Wildman–Crippen LogP) is 2.90. The van der Waals surface area contributed by atoms with E-state index in [1.54, 1.807) is 4.90 Å². The van der Waals surface area contributed by atoms with Gasteiger partial charge >= 0.3 is 0 Å². The van der Waals surface area contributed by atoms with Crippen LogP contribution in [0.1, 0.15) is 60.0 Å². The summed E-state index contributed by atoms with van der Waals surface area (Å²) < 4.78 is 2.13. The van der Waals surface area contributed by atoms with Gasteiger partial charge in [-0.15, -0.1) is 10.2 Å². The Labute approximate surface area is 130 Å². The van der Waals surface area contributed by atoms with E-state index in [0.29, 0.717) is 12.5 Å². The van der Waals surface area contributed by atoms with E-state index in [4.69, 9.17) is 0 Å². The first-order valence-corrected chi connectivity index (χ1v) is 8.05. The third kappa shape index (κ3) is 2.03. The van der Waals surface area contributed by atoms with Crippen LogP contribution in [0.4, 0.5) is 0 Å². The van der Waals surface area contributed by atoms with Crippen LogP contribution in [0, 0.1) is 0 Å². The van der Waals surface area contributed by atoms with Gasteiger partial charge in [0.05, 0.1) is 17.8 Å². The van der Waals surface area contributed by atoms with Crippen LogP contribution in [0.5, 0.6) is 0 Å². The summed E-state index contributed by atoms with van der Waals surface area (Å²) in [7, 11) is 1.82. The smallest absolute Gasteiger partial charge is 0.256 e. The van der Waals surface area contributed by atoms with Crippen LogP contribution < -0.4 is 0 Å². The van der Waals surface area contributed by atoms with Gasteiger partial charge in [0.1, 0.15) is 5.82 Å². The average Bonchev–Trinajstić information content (AvgIpc) is 2.94. The van der Waals surface area contributed by atoms with E-state index in [9.17, 15) is 4.79 Å². The average molecular weight is 296 g/mol. The van der Waals surface area contributed by atoms with Crippen molar-refractivity contribution in [2.45, 2.75) is 44.6 Å². The van der Waals surface area contributed by atoms with E-state index in [1.807, 2.05) is 31.3 Å². The molecule has 1 fully saturated rings. The van der Waals surface area contributed by atoms with Crippen molar-refractivity contribution in [1.82, 2.24) is 19.7 Å². The molecule has 0 spiro atoms. The maximum Gasteiger partial charge on any atom is 0.256 e. The number of carbonyl (C=O) groups is 1. The van der Waals surface area contributed by atoms with Gasteiger partial charge in [0.2, 0.25) is 0 Å². The molecular formula is C17H20N4O. The third-order valence-corrected chi connectivity index (χ3v) is 4.83. The lowest BCUT2D eigenvalue weighted by Gasteiger charge is -2.22. The number of para-hydroxylation sites is 1. The fourth-order valence-corrected chi connectivity index (χ4v) is 3.66. The van der Waals surface area contributed by atoms with Crippen molar-refractivity contribution in [3.63, 3.8) is 0 Å². The largest absolute Gasteiger partial charge is 0.334 e. The first-order valence-electron chi connectivity index (χ1n) is 8.05. The second-order valence-electron chi connectivity index (χ2n) is 6.32. The summed E-state index contributed by atoms with van der Waals surface area (Å²) in [6, 6.07) is 7.80. The van der Waals surface area contributed by atoms with Crippen LogP contribution in [-0.2, 0) is 6.54 Å². The predicted molar refractivity (Wildman–Crippen MR) is 83.0 cm³/mol. The summed E-state index contributed by atoms with van der Waals surface area (Å²) in [6.07, 6.45) is 6.17. The Morgan fingerprint density at radius 3 is 2.68 bits per heavy atom. The third-order valence-electron chi connectivity index (χ3n) is 4.83. The highest BCUT2D eigenvalue weighted by Gasteiger charge is 2.30. The normalized spacial score (nSPS) is 18.8. The van der Waals surface area contributed by atoms with Gasteiger partial charge in [-0.05, 0) is 25.0 Å². The molecule has 2 aliphatic rings. The Morgan fingerprint density at radius 1 is 1.09 bits per heavy atom. The molecule has 1 aliphatic carbocycles. The minimum absolute atomic E-state index is 0.0516. The van der Waals surface area contributed by atoms with Gasteiger partial charge in [0, 0.05) is 13.0 Å². The SMILES string of the molecule is CN1Cc2nnc(C3CCCCC3)n2-c2ccccc2C1=O. The number of amides is 1. The quantitative estimate of drug-likeness (QED) is 0.813. The van der Waals surface area contributed by atoms with Crippen molar-refractivity contribution in [2.75, 3.05) is 7.05 Å². The molecule has 114 valence electrons. The van der Waals surface area contributed by atoms with Gasteiger partial charge < -0.3 is 4.90 Å². The second kappa shape index (κ2) is 5.23. The topological polar surface area (TPSA) is 51.0 Å². The van der Waals surface area contributed by atoms with Crippen molar-refractivity contribution in [2.24, 2.45) is 0 Å². The highest BCUT2D eigenvalue weighted by Crippen LogP contribution is 2.34. The molecule has 0 unspecified atom stereocenters. The maximum atomic E-state index is 12.6. The van der Waals surface area contributed by atoms with Gasteiger partial charge in [-0.2, -0.15) is 0 Å². The number of fused-ring (bicyclic) bond motifs is 3. The zero-order chi connectivity index (χ0) is 15.1. The van der Waals surface area contributed by atoms with Crippen molar-refractivity contribution < 1.29 is 4.79 Å². The fourth-order valence-electron chi connectivity index (χ4n) is 3.66. The molecule has 1 saturated carbocycles. The number of hydrogen-bond acceptors (Lipinski definition) is 3. The molecule has 5 heteroatoms. The summed E-state index contributed by atoms with van der Waals surface area (Å²) in [5, 5.41) is 8.89. The molecular weight excluding hydrogens is 276 g/mol. The van der Waals surface area contributed by atoms with Crippen molar-refractivity contribution >= 4 is 5.91 Å². The summed E-state index contributed by atoms with van der Waals surface area (Å²) in [5.74, 6) is 2.41. The molecule has 2 heterocycles. The van der Waals surface area contributed by atoms with Crippen LogP contribution in [-0.4, -0.2) is 32.6 Å². The van der Waals surface area contributed by atoms with E-state index in [1.165, 1.54) is 32.1 Å². The monoisotopic (exact) mass is 296 g/mol. The number of rotatable bonds is 1. The Balaban J connectivity index is 1.89. The minimum atomic E-state index is 0.0516. The van der Waals surface area contributed by atoms with E-state index in [0.717, 1.165) is 22.9 Å². The molecule has 1 aromatic carbocycles. The highest BCUT2D eigenvalue weighted by atomic mass is 16.2. The second-order valence-corrected chi connectivity index (χ2v) is 6.32. The molecule has 0 bridgehead atoms. The van der Waals surface area contributed by atoms with Crippen LogP contribution in [0.25, 0.3) is 5.69 Å². The van der Waals surface area contributed by atoms with Gasteiger partial charge in [0.15, 0.2) is 5.82 Å². The number of hydrogen-bond donors (Lipinski definition) is 0. The van der Waals surface area contributed by atoms with Crippen molar-refractivity contribution in [1.29, 1.82) is 0 Å². The summed E-state index contributed by atoms with van der Waals surface area (Å²) in [4.78, 5) is 14.3. The number of nitrogens with zero attached hydrogens (tertiary/aromatic N) is 4. The molecule has 5 nitrogen and oxygen atoms in total. The van der Waals surface area contributed by atoms with Crippen molar-refractivity contribution in [3.8, 4) is 5.69 Å². The fraction of sp³-hybridized carbons (Fsp3) is 0.471. The zero-order valence-corrected chi connectivity index (χ0v) is 12.8. The van der Waals surface area contributed by atoms with Crippen LogP contribution >= 0.6 is 0 Å². The lowest BCUT2D eigenvalue weighted by molar-refractivity contribution is 0.0786. The van der Waals surface area contributed by atoms with E-state index in [2.05, 4.69) is 14.8 Å². The van der Waals surface area contributed by atoms with Gasteiger partial charge in [0.25, 0.3) is 5.91 Å². The van der Waals surface area contributed by atoms with Crippen LogP contribution in [0.2, 0.25) is 0 Å². The Bertz CT molecular complexity index is 715. The number of benzene rings is 1. The highest BCUT2D eigenvalue weighted by molar-refractivity contribution is 5.98. The zero-order valence-electron chi connectivity index (χ0n) is 12.8. The molecule has 2 aromatic rings. The first kappa shape index (κ1) is 13.5. The molecule has 22 heavy (non-hydrogen) atoms. The van der Waals surface area contributed by atoms with Crippen LogP contribution in [0.15, 0.2) is 24.3 Å².